The van der Waals surface area contributed by atoms with Gasteiger partial charge in [-0.25, -0.2) is 0 Å². The highest BCUT2D eigenvalue weighted by Crippen LogP contribution is 2.39. The number of aromatic nitrogens is 3. The summed E-state index contributed by atoms with van der Waals surface area (Å²) in [5.41, 5.74) is 10.7. The van der Waals surface area contributed by atoms with Crippen LogP contribution in [0.15, 0.2) is 162 Å². The SMILES string of the molecule is Brc1ccc(-n2c3ccc(-n4c5ccccc5c5ccccc54)cc3c3cc(-n4c5ccccc5c5ccccc54)ccc32)cc1. The van der Waals surface area contributed by atoms with Crippen molar-refractivity contribution in [3.63, 3.8) is 0 Å². The molecule has 0 aliphatic rings. The summed E-state index contributed by atoms with van der Waals surface area (Å²) in [6, 6.07) is 57.3. The molecule has 0 atom stereocenters. The average Bonchev–Trinajstić information content (AvgIpc) is 3.74. The van der Waals surface area contributed by atoms with Crippen LogP contribution in [0, 0.1) is 0 Å². The normalized spacial score (nSPS) is 12.0. The highest BCUT2D eigenvalue weighted by Gasteiger charge is 2.18. The molecule has 0 saturated carbocycles. The highest BCUT2D eigenvalue weighted by atomic mass is 79.9. The van der Waals surface area contributed by atoms with Crippen molar-refractivity contribution in [3.8, 4) is 17.1 Å². The van der Waals surface area contributed by atoms with Gasteiger partial charge in [-0.15, -0.1) is 0 Å². The lowest BCUT2D eigenvalue weighted by molar-refractivity contribution is 1.16. The van der Waals surface area contributed by atoms with E-state index in [-0.39, 0.29) is 0 Å². The van der Waals surface area contributed by atoms with Crippen LogP contribution in [0.5, 0.6) is 0 Å². The summed E-state index contributed by atoms with van der Waals surface area (Å²) in [5, 5.41) is 7.52. The van der Waals surface area contributed by atoms with Crippen LogP contribution in [0.2, 0.25) is 0 Å². The number of para-hydroxylation sites is 4. The number of hydrogen-bond donors (Lipinski definition) is 0. The Balaban J connectivity index is 1.30. The molecule has 46 heavy (non-hydrogen) atoms. The van der Waals surface area contributed by atoms with Crippen molar-refractivity contribution in [1.82, 2.24) is 13.7 Å². The van der Waals surface area contributed by atoms with Gasteiger partial charge < -0.3 is 13.7 Å². The molecule has 10 rings (SSSR count). The Morgan fingerprint density at radius 3 is 0.978 bits per heavy atom. The predicted octanol–water partition coefficient (Wildman–Crippen LogP) is 11.7. The molecule has 0 aliphatic heterocycles. The van der Waals surface area contributed by atoms with E-state index in [9.17, 15) is 0 Å². The maximum Gasteiger partial charge on any atom is 0.0542 e. The monoisotopic (exact) mass is 651 g/mol. The number of benzene rings is 7. The Morgan fingerprint density at radius 1 is 0.283 bits per heavy atom. The molecule has 4 heteroatoms. The number of nitrogens with zero attached hydrogens (tertiary/aromatic N) is 3. The first-order valence-corrected chi connectivity index (χ1v) is 16.4. The van der Waals surface area contributed by atoms with Gasteiger partial charge in [-0.2, -0.15) is 0 Å². The second-order valence-electron chi connectivity index (χ2n) is 12.0. The number of halogens is 1. The van der Waals surface area contributed by atoms with Crippen molar-refractivity contribution in [2.24, 2.45) is 0 Å². The molecule has 7 aromatic carbocycles. The topological polar surface area (TPSA) is 14.8 Å². The van der Waals surface area contributed by atoms with E-state index in [1.807, 2.05) is 0 Å². The zero-order valence-electron chi connectivity index (χ0n) is 24.7. The lowest BCUT2D eigenvalue weighted by atomic mass is 10.1. The summed E-state index contributed by atoms with van der Waals surface area (Å²) >= 11 is 3.64. The Bertz CT molecular complexity index is 2530. The van der Waals surface area contributed by atoms with E-state index < -0.39 is 0 Å². The molecule has 0 aliphatic carbocycles. The summed E-state index contributed by atoms with van der Waals surface area (Å²) in [7, 11) is 0. The van der Waals surface area contributed by atoms with E-state index in [1.165, 1.54) is 65.4 Å². The number of hydrogen-bond acceptors (Lipinski definition) is 0. The molecular formula is C42H26BrN3. The standard InChI is InChI=1S/C42H26BrN3/c43-27-17-19-28(20-18-27)44-41-23-21-29(45-37-13-5-1-9-31(37)32-10-2-6-14-38(32)45)25-35(41)36-26-30(22-24-42(36)44)46-39-15-7-3-11-33(39)34-12-4-8-16-40(34)46/h1-26H. The molecule has 3 heterocycles. The minimum atomic E-state index is 1.07. The minimum absolute atomic E-state index is 1.07. The van der Waals surface area contributed by atoms with Crippen LogP contribution in [0.4, 0.5) is 0 Å². The van der Waals surface area contributed by atoms with Crippen LogP contribution in [0.1, 0.15) is 0 Å². The Hall–Kier alpha value is -5.58. The van der Waals surface area contributed by atoms with Crippen LogP contribution in [-0.2, 0) is 0 Å². The third kappa shape index (κ3) is 3.59. The van der Waals surface area contributed by atoms with Crippen molar-refractivity contribution in [2.75, 3.05) is 0 Å². The number of fused-ring (bicyclic) bond motifs is 9. The smallest absolute Gasteiger partial charge is 0.0542 e. The molecular weight excluding hydrogens is 626 g/mol. The molecule has 0 radical (unpaired) electrons. The molecule has 216 valence electrons. The molecule has 0 N–H and O–H groups in total. The van der Waals surface area contributed by atoms with Gasteiger partial charge in [-0.1, -0.05) is 88.7 Å². The van der Waals surface area contributed by atoms with E-state index in [4.69, 9.17) is 0 Å². The third-order valence-electron chi connectivity index (χ3n) is 9.49. The van der Waals surface area contributed by atoms with Gasteiger partial charge in [0.25, 0.3) is 0 Å². The highest BCUT2D eigenvalue weighted by molar-refractivity contribution is 9.10. The van der Waals surface area contributed by atoms with E-state index in [2.05, 4.69) is 187 Å². The summed E-state index contributed by atoms with van der Waals surface area (Å²) in [6.45, 7) is 0. The molecule has 0 spiro atoms. The van der Waals surface area contributed by atoms with Crippen molar-refractivity contribution in [2.45, 2.75) is 0 Å². The van der Waals surface area contributed by atoms with Crippen LogP contribution in [0.3, 0.4) is 0 Å². The van der Waals surface area contributed by atoms with Gasteiger partial charge in [0.1, 0.15) is 0 Å². The average molecular weight is 653 g/mol. The van der Waals surface area contributed by atoms with Gasteiger partial charge >= 0.3 is 0 Å². The van der Waals surface area contributed by atoms with E-state index in [0.29, 0.717) is 0 Å². The van der Waals surface area contributed by atoms with Gasteiger partial charge in [0.2, 0.25) is 0 Å². The van der Waals surface area contributed by atoms with Crippen molar-refractivity contribution < 1.29 is 0 Å². The van der Waals surface area contributed by atoms with Crippen LogP contribution in [0.25, 0.3) is 82.5 Å². The summed E-state index contributed by atoms with van der Waals surface area (Å²) in [6.07, 6.45) is 0. The summed E-state index contributed by atoms with van der Waals surface area (Å²) in [5.74, 6) is 0. The van der Waals surface area contributed by atoms with Gasteiger partial charge in [0, 0.05) is 53.9 Å². The maximum absolute atomic E-state index is 3.64. The van der Waals surface area contributed by atoms with Gasteiger partial charge in [0.05, 0.1) is 33.1 Å². The molecule has 0 bridgehead atoms. The molecule has 0 saturated heterocycles. The van der Waals surface area contributed by atoms with Crippen molar-refractivity contribution in [3.05, 3.63) is 162 Å². The maximum atomic E-state index is 3.64. The van der Waals surface area contributed by atoms with Gasteiger partial charge in [-0.3, -0.25) is 0 Å². The van der Waals surface area contributed by atoms with Crippen molar-refractivity contribution >= 4 is 81.3 Å². The molecule has 0 unspecified atom stereocenters. The Labute approximate surface area is 273 Å². The number of rotatable bonds is 3. The zero-order chi connectivity index (χ0) is 30.4. The fourth-order valence-corrected chi connectivity index (χ4v) is 7.81. The fraction of sp³-hybridized carbons (Fsp3) is 0. The molecule has 3 nitrogen and oxygen atoms in total. The molecule has 10 aromatic rings. The van der Waals surface area contributed by atoms with E-state index in [1.54, 1.807) is 0 Å². The van der Waals surface area contributed by atoms with Crippen LogP contribution < -0.4 is 0 Å². The second-order valence-corrected chi connectivity index (χ2v) is 12.9. The fourth-order valence-electron chi connectivity index (χ4n) is 7.55. The Kier molecular flexibility index (Phi) is 5.43. The molecule has 0 fully saturated rings. The summed E-state index contributed by atoms with van der Waals surface area (Å²) < 4.78 is 8.27. The second kappa shape index (κ2) is 9.71. The zero-order valence-corrected chi connectivity index (χ0v) is 26.3. The van der Waals surface area contributed by atoms with Gasteiger partial charge in [-0.05, 0) is 84.9 Å². The first-order chi connectivity index (χ1) is 22.7. The molecule has 3 aromatic heterocycles. The quantitative estimate of drug-likeness (QED) is 0.180. The predicted molar refractivity (Wildman–Crippen MR) is 197 cm³/mol. The lowest BCUT2D eigenvalue weighted by Crippen LogP contribution is -1.96. The van der Waals surface area contributed by atoms with Crippen LogP contribution >= 0.6 is 15.9 Å². The lowest BCUT2D eigenvalue weighted by Gasteiger charge is -2.11. The third-order valence-corrected chi connectivity index (χ3v) is 10.0. The largest absolute Gasteiger partial charge is 0.309 e. The van der Waals surface area contributed by atoms with Crippen LogP contribution in [-0.4, -0.2) is 13.7 Å². The van der Waals surface area contributed by atoms with E-state index >= 15 is 0 Å². The minimum Gasteiger partial charge on any atom is -0.309 e. The molecule has 0 amide bonds. The first-order valence-electron chi connectivity index (χ1n) is 15.6. The van der Waals surface area contributed by atoms with E-state index in [0.717, 1.165) is 21.5 Å². The summed E-state index contributed by atoms with van der Waals surface area (Å²) in [4.78, 5) is 0. The van der Waals surface area contributed by atoms with Gasteiger partial charge in [0.15, 0.2) is 0 Å². The van der Waals surface area contributed by atoms with Crippen molar-refractivity contribution in [1.29, 1.82) is 0 Å². The first kappa shape index (κ1) is 25.7. The Morgan fingerprint density at radius 2 is 0.587 bits per heavy atom.